The SMILES string of the molecule is CCNC(=NCc1sccc1C)NCc1nc(C(C)(C)C)cs1. The maximum atomic E-state index is 4.71. The number of rotatable bonds is 5. The van der Waals surface area contributed by atoms with E-state index < -0.39 is 0 Å². The van der Waals surface area contributed by atoms with Gasteiger partial charge in [0.2, 0.25) is 0 Å². The van der Waals surface area contributed by atoms with Gasteiger partial charge in [-0.25, -0.2) is 9.98 Å². The first kappa shape index (κ1) is 17.9. The molecule has 23 heavy (non-hydrogen) atoms. The first-order valence-electron chi connectivity index (χ1n) is 7.90. The van der Waals surface area contributed by atoms with E-state index in [9.17, 15) is 0 Å². The van der Waals surface area contributed by atoms with Crippen LogP contribution in [0.1, 0.15) is 48.8 Å². The summed E-state index contributed by atoms with van der Waals surface area (Å²) in [5, 5.41) is 12.0. The number of guanidine groups is 1. The molecule has 0 saturated carbocycles. The Morgan fingerprint density at radius 3 is 2.61 bits per heavy atom. The lowest BCUT2D eigenvalue weighted by atomic mass is 9.93. The molecular formula is C17H26N4S2. The Kier molecular flexibility index (Phi) is 6.18. The molecule has 0 atom stereocenters. The maximum absolute atomic E-state index is 4.71. The van der Waals surface area contributed by atoms with Crippen molar-refractivity contribution in [3.63, 3.8) is 0 Å². The quantitative estimate of drug-likeness (QED) is 0.631. The smallest absolute Gasteiger partial charge is 0.191 e. The van der Waals surface area contributed by atoms with Crippen molar-refractivity contribution in [3.8, 4) is 0 Å². The number of hydrogen-bond donors (Lipinski definition) is 2. The molecule has 2 heterocycles. The summed E-state index contributed by atoms with van der Waals surface area (Å²) < 4.78 is 0. The van der Waals surface area contributed by atoms with Crippen LogP contribution in [0.15, 0.2) is 21.8 Å². The zero-order valence-electron chi connectivity index (χ0n) is 14.6. The molecule has 0 amide bonds. The van der Waals surface area contributed by atoms with E-state index in [2.05, 4.69) is 67.1 Å². The number of thiazole rings is 1. The summed E-state index contributed by atoms with van der Waals surface area (Å²) in [5.41, 5.74) is 2.56. The van der Waals surface area contributed by atoms with Gasteiger partial charge < -0.3 is 10.6 Å². The molecule has 0 spiro atoms. The number of nitrogens with zero attached hydrogens (tertiary/aromatic N) is 2. The third-order valence-corrected chi connectivity index (χ3v) is 5.28. The zero-order valence-corrected chi connectivity index (χ0v) is 16.2. The van der Waals surface area contributed by atoms with Gasteiger partial charge in [-0.05, 0) is 30.9 Å². The second-order valence-corrected chi connectivity index (χ2v) is 8.40. The minimum absolute atomic E-state index is 0.101. The van der Waals surface area contributed by atoms with E-state index in [0.29, 0.717) is 13.1 Å². The summed E-state index contributed by atoms with van der Waals surface area (Å²) in [6, 6.07) is 2.14. The van der Waals surface area contributed by atoms with E-state index in [1.807, 2.05) is 0 Å². The zero-order chi connectivity index (χ0) is 16.9. The van der Waals surface area contributed by atoms with Gasteiger partial charge in [-0.3, -0.25) is 0 Å². The molecule has 126 valence electrons. The first-order chi connectivity index (χ1) is 10.9. The van der Waals surface area contributed by atoms with E-state index in [0.717, 1.165) is 23.2 Å². The van der Waals surface area contributed by atoms with Crippen LogP contribution < -0.4 is 10.6 Å². The maximum Gasteiger partial charge on any atom is 0.191 e. The number of nitrogens with one attached hydrogen (secondary N) is 2. The van der Waals surface area contributed by atoms with Crippen molar-refractivity contribution in [1.82, 2.24) is 15.6 Å². The van der Waals surface area contributed by atoms with Gasteiger partial charge >= 0.3 is 0 Å². The lowest BCUT2D eigenvalue weighted by Gasteiger charge is -2.14. The molecule has 0 bridgehead atoms. The fourth-order valence-corrected chi connectivity index (χ4v) is 3.74. The highest BCUT2D eigenvalue weighted by Crippen LogP contribution is 2.23. The van der Waals surface area contributed by atoms with Crippen LogP contribution in [0.5, 0.6) is 0 Å². The van der Waals surface area contributed by atoms with E-state index in [1.165, 1.54) is 10.4 Å². The summed E-state index contributed by atoms with van der Waals surface area (Å²) in [6.07, 6.45) is 0. The third-order valence-electron chi connectivity index (χ3n) is 3.42. The lowest BCUT2D eigenvalue weighted by molar-refractivity contribution is 0.570. The minimum Gasteiger partial charge on any atom is -0.357 e. The normalized spacial score (nSPS) is 12.5. The molecular weight excluding hydrogens is 324 g/mol. The molecule has 0 aromatic carbocycles. The minimum atomic E-state index is 0.101. The van der Waals surface area contributed by atoms with Crippen molar-refractivity contribution >= 4 is 28.6 Å². The van der Waals surface area contributed by atoms with Crippen LogP contribution in [0, 0.1) is 6.92 Å². The standard InChI is InChI=1S/C17H26N4S2/c1-6-18-16(19-9-13-12(2)7-8-22-13)20-10-15-21-14(11-23-15)17(3,4)5/h7-8,11H,6,9-10H2,1-5H3,(H2,18,19,20). The van der Waals surface area contributed by atoms with Gasteiger partial charge in [0.25, 0.3) is 0 Å². The van der Waals surface area contributed by atoms with Crippen LogP contribution in [0.3, 0.4) is 0 Å². The van der Waals surface area contributed by atoms with Crippen molar-refractivity contribution in [2.75, 3.05) is 6.54 Å². The summed E-state index contributed by atoms with van der Waals surface area (Å²) in [4.78, 5) is 10.7. The molecule has 0 fully saturated rings. The van der Waals surface area contributed by atoms with Crippen molar-refractivity contribution < 1.29 is 0 Å². The second-order valence-electron chi connectivity index (χ2n) is 6.45. The fraction of sp³-hybridized carbons (Fsp3) is 0.529. The Hall–Kier alpha value is -1.40. The highest BCUT2D eigenvalue weighted by molar-refractivity contribution is 7.10. The monoisotopic (exact) mass is 350 g/mol. The Morgan fingerprint density at radius 1 is 1.26 bits per heavy atom. The van der Waals surface area contributed by atoms with E-state index in [-0.39, 0.29) is 5.41 Å². The van der Waals surface area contributed by atoms with Gasteiger partial charge in [-0.1, -0.05) is 20.8 Å². The first-order valence-corrected chi connectivity index (χ1v) is 9.66. The lowest BCUT2D eigenvalue weighted by Crippen LogP contribution is -2.36. The predicted molar refractivity (Wildman–Crippen MR) is 102 cm³/mol. The van der Waals surface area contributed by atoms with Crippen molar-refractivity contribution in [3.05, 3.63) is 38.0 Å². The summed E-state index contributed by atoms with van der Waals surface area (Å²) in [5.74, 6) is 0.841. The van der Waals surface area contributed by atoms with Gasteiger partial charge in [0.05, 0.1) is 18.8 Å². The Balaban J connectivity index is 1.96. The van der Waals surface area contributed by atoms with E-state index in [4.69, 9.17) is 4.98 Å². The fourth-order valence-electron chi connectivity index (χ4n) is 1.95. The number of aryl methyl sites for hydroxylation is 1. The molecule has 4 nitrogen and oxygen atoms in total. The van der Waals surface area contributed by atoms with E-state index in [1.54, 1.807) is 22.7 Å². The number of aliphatic imine (C=N–C) groups is 1. The van der Waals surface area contributed by atoms with Crippen molar-refractivity contribution in [2.45, 2.75) is 53.1 Å². The van der Waals surface area contributed by atoms with Crippen LogP contribution in [0.2, 0.25) is 0 Å². The highest BCUT2D eigenvalue weighted by Gasteiger charge is 2.17. The number of aromatic nitrogens is 1. The predicted octanol–water partition coefficient (Wildman–Crippen LogP) is 4.07. The number of thiophene rings is 1. The Bertz CT molecular complexity index is 650. The van der Waals surface area contributed by atoms with E-state index >= 15 is 0 Å². The van der Waals surface area contributed by atoms with Gasteiger partial charge in [0.15, 0.2) is 5.96 Å². The van der Waals surface area contributed by atoms with Crippen LogP contribution in [0.25, 0.3) is 0 Å². The molecule has 0 aliphatic heterocycles. The molecule has 2 aromatic rings. The van der Waals surface area contributed by atoms with Gasteiger partial charge in [-0.2, -0.15) is 0 Å². The summed E-state index contributed by atoms with van der Waals surface area (Å²) >= 11 is 3.46. The molecule has 0 unspecified atom stereocenters. The van der Waals surface area contributed by atoms with Gasteiger partial charge in [-0.15, -0.1) is 22.7 Å². The van der Waals surface area contributed by atoms with Gasteiger partial charge in [0.1, 0.15) is 5.01 Å². The Morgan fingerprint density at radius 2 is 2.04 bits per heavy atom. The van der Waals surface area contributed by atoms with Crippen LogP contribution >= 0.6 is 22.7 Å². The second kappa shape index (κ2) is 7.93. The summed E-state index contributed by atoms with van der Waals surface area (Å²) in [6.45, 7) is 13.0. The molecule has 0 aliphatic carbocycles. The van der Waals surface area contributed by atoms with Crippen LogP contribution in [-0.2, 0) is 18.5 Å². The molecule has 0 saturated heterocycles. The topological polar surface area (TPSA) is 49.3 Å². The van der Waals surface area contributed by atoms with Crippen molar-refractivity contribution in [1.29, 1.82) is 0 Å². The highest BCUT2D eigenvalue weighted by atomic mass is 32.1. The summed E-state index contributed by atoms with van der Waals surface area (Å²) in [7, 11) is 0. The van der Waals surface area contributed by atoms with Crippen LogP contribution in [0.4, 0.5) is 0 Å². The van der Waals surface area contributed by atoms with Gasteiger partial charge in [0, 0.05) is 22.2 Å². The molecule has 0 radical (unpaired) electrons. The van der Waals surface area contributed by atoms with Crippen molar-refractivity contribution in [2.24, 2.45) is 4.99 Å². The molecule has 0 aliphatic rings. The largest absolute Gasteiger partial charge is 0.357 e. The molecule has 2 N–H and O–H groups in total. The number of hydrogen-bond acceptors (Lipinski definition) is 4. The average molecular weight is 351 g/mol. The Labute approximate surface area is 147 Å². The third kappa shape index (κ3) is 5.32. The average Bonchev–Trinajstić information content (AvgIpc) is 3.10. The molecule has 6 heteroatoms. The molecule has 2 rings (SSSR count). The molecule has 2 aromatic heterocycles. The van der Waals surface area contributed by atoms with Crippen LogP contribution in [-0.4, -0.2) is 17.5 Å².